The van der Waals surface area contributed by atoms with Gasteiger partial charge in [0.15, 0.2) is 0 Å². The molecule has 0 aromatic heterocycles. The van der Waals surface area contributed by atoms with Crippen molar-refractivity contribution in [3.8, 4) is 5.75 Å². The van der Waals surface area contributed by atoms with Gasteiger partial charge in [-0.05, 0) is 37.6 Å². The number of anilines is 1. The van der Waals surface area contributed by atoms with Crippen LogP contribution in [0.4, 0.5) is 5.69 Å². The fraction of sp³-hybridized carbons (Fsp3) is 0.647. The number of nitrogens with two attached hydrogens (primary N) is 1. The van der Waals surface area contributed by atoms with Crippen LogP contribution in [-0.2, 0) is 0 Å². The summed E-state index contributed by atoms with van der Waals surface area (Å²) in [6.07, 6.45) is 7.60. The van der Waals surface area contributed by atoms with Gasteiger partial charge in [-0.25, -0.2) is 0 Å². The van der Waals surface area contributed by atoms with Gasteiger partial charge < -0.3 is 15.8 Å². The summed E-state index contributed by atoms with van der Waals surface area (Å²) in [6.45, 7) is 5.10. The molecule has 3 nitrogen and oxygen atoms in total. The molecule has 114 valence electrons. The molecule has 0 aliphatic carbocycles. The molecule has 0 fully saturated rings. The van der Waals surface area contributed by atoms with Crippen molar-refractivity contribution in [3.63, 3.8) is 0 Å². The van der Waals surface area contributed by atoms with Gasteiger partial charge in [-0.2, -0.15) is 0 Å². The van der Waals surface area contributed by atoms with Gasteiger partial charge in [-0.3, -0.25) is 0 Å². The van der Waals surface area contributed by atoms with E-state index in [1.165, 1.54) is 32.1 Å². The van der Waals surface area contributed by atoms with Crippen molar-refractivity contribution in [2.45, 2.75) is 57.9 Å². The molecule has 0 saturated carbocycles. The molecule has 0 heterocycles. The van der Waals surface area contributed by atoms with E-state index in [2.05, 4.69) is 19.2 Å². The number of ether oxygens (including phenoxy) is 1. The summed E-state index contributed by atoms with van der Waals surface area (Å²) in [5.74, 6) is 0.879. The predicted molar refractivity (Wildman–Crippen MR) is 87.5 cm³/mol. The topological polar surface area (TPSA) is 47.3 Å². The minimum absolute atomic E-state index is 0.0270. The average molecular weight is 278 g/mol. The Morgan fingerprint density at radius 1 is 1.10 bits per heavy atom. The van der Waals surface area contributed by atoms with Crippen LogP contribution in [-0.4, -0.2) is 19.2 Å². The summed E-state index contributed by atoms with van der Waals surface area (Å²) in [5, 5.41) is 3.57. The standard InChI is InChI=1S/C17H30N2O/c1-4-5-6-7-8-13-17(2,14-18)19-15-9-11-16(20-3)12-10-15/h9-12,19H,4-8,13-14,18H2,1-3H3. The van der Waals surface area contributed by atoms with Crippen LogP contribution >= 0.6 is 0 Å². The maximum absolute atomic E-state index is 5.96. The first-order chi connectivity index (χ1) is 9.63. The highest BCUT2D eigenvalue weighted by atomic mass is 16.5. The second kappa shape index (κ2) is 8.85. The SMILES string of the molecule is CCCCCCCC(C)(CN)Nc1ccc(OC)cc1. The summed E-state index contributed by atoms with van der Waals surface area (Å²) in [5.41, 5.74) is 7.04. The average Bonchev–Trinajstić information content (AvgIpc) is 2.48. The van der Waals surface area contributed by atoms with E-state index in [1.807, 2.05) is 24.3 Å². The van der Waals surface area contributed by atoms with Gasteiger partial charge in [0, 0.05) is 17.8 Å². The first-order valence-corrected chi connectivity index (χ1v) is 7.76. The van der Waals surface area contributed by atoms with Crippen LogP contribution < -0.4 is 15.8 Å². The zero-order valence-electron chi connectivity index (χ0n) is 13.2. The van der Waals surface area contributed by atoms with Gasteiger partial charge >= 0.3 is 0 Å². The van der Waals surface area contributed by atoms with E-state index in [4.69, 9.17) is 10.5 Å². The Bertz CT molecular complexity index is 364. The van der Waals surface area contributed by atoms with Crippen molar-refractivity contribution in [2.24, 2.45) is 5.73 Å². The molecular formula is C17H30N2O. The lowest BCUT2D eigenvalue weighted by atomic mass is 9.93. The smallest absolute Gasteiger partial charge is 0.119 e. The molecular weight excluding hydrogens is 248 g/mol. The molecule has 0 amide bonds. The highest BCUT2D eigenvalue weighted by Gasteiger charge is 2.21. The quantitative estimate of drug-likeness (QED) is 0.631. The Labute approximate surface area is 123 Å². The number of methoxy groups -OCH3 is 1. The van der Waals surface area contributed by atoms with E-state index in [1.54, 1.807) is 7.11 Å². The molecule has 3 N–H and O–H groups in total. The zero-order chi connectivity index (χ0) is 14.8. The van der Waals surface area contributed by atoms with Gasteiger partial charge in [-0.1, -0.05) is 39.0 Å². The molecule has 3 heteroatoms. The molecule has 0 bridgehead atoms. The van der Waals surface area contributed by atoms with E-state index in [-0.39, 0.29) is 5.54 Å². The number of hydrogen-bond donors (Lipinski definition) is 2. The third-order valence-electron chi connectivity index (χ3n) is 3.82. The first kappa shape index (κ1) is 16.8. The summed E-state index contributed by atoms with van der Waals surface area (Å²) >= 11 is 0. The van der Waals surface area contributed by atoms with E-state index < -0.39 is 0 Å². The number of rotatable bonds is 10. The van der Waals surface area contributed by atoms with Gasteiger partial charge in [0.2, 0.25) is 0 Å². The summed E-state index contributed by atoms with van der Waals surface area (Å²) in [6, 6.07) is 8.04. The van der Waals surface area contributed by atoms with E-state index in [9.17, 15) is 0 Å². The molecule has 0 spiro atoms. The number of hydrogen-bond acceptors (Lipinski definition) is 3. The number of unbranched alkanes of at least 4 members (excludes halogenated alkanes) is 4. The van der Waals surface area contributed by atoms with E-state index >= 15 is 0 Å². The Hall–Kier alpha value is -1.22. The highest BCUT2D eigenvalue weighted by Crippen LogP contribution is 2.22. The maximum Gasteiger partial charge on any atom is 0.119 e. The lowest BCUT2D eigenvalue weighted by molar-refractivity contribution is 0.414. The van der Waals surface area contributed by atoms with Gasteiger partial charge in [0.1, 0.15) is 5.75 Å². The molecule has 0 saturated heterocycles. The second-order valence-corrected chi connectivity index (χ2v) is 5.78. The Kier molecular flexibility index (Phi) is 7.45. The molecule has 1 atom stereocenters. The molecule has 20 heavy (non-hydrogen) atoms. The fourth-order valence-electron chi connectivity index (χ4n) is 2.36. The van der Waals surface area contributed by atoms with Crippen LogP contribution in [0.2, 0.25) is 0 Å². The minimum Gasteiger partial charge on any atom is -0.497 e. The van der Waals surface area contributed by atoms with Gasteiger partial charge in [0.05, 0.1) is 7.11 Å². The van der Waals surface area contributed by atoms with Crippen molar-refractivity contribution in [2.75, 3.05) is 19.0 Å². The Morgan fingerprint density at radius 3 is 2.30 bits per heavy atom. The van der Waals surface area contributed by atoms with Gasteiger partial charge in [0.25, 0.3) is 0 Å². The van der Waals surface area contributed by atoms with Gasteiger partial charge in [-0.15, -0.1) is 0 Å². The van der Waals surface area contributed by atoms with Crippen LogP contribution in [0.1, 0.15) is 52.4 Å². The van der Waals surface area contributed by atoms with E-state index in [0.717, 1.165) is 17.9 Å². The minimum atomic E-state index is -0.0270. The summed E-state index contributed by atoms with van der Waals surface area (Å²) in [4.78, 5) is 0. The van der Waals surface area contributed by atoms with Crippen molar-refractivity contribution in [3.05, 3.63) is 24.3 Å². The predicted octanol–water partition coefficient (Wildman–Crippen LogP) is 4.19. The fourth-order valence-corrected chi connectivity index (χ4v) is 2.36. The normalized spacial score (nSPS) is 13.8. The van der Waals surface area contributed by atoms with Crippen molar-refractivity contribution in [1.82, 2.24) is 0 Å². The Balaban J connectivity index is 2.46. The lowest BCUT2D eigenvalue weighted by Gasteiger charge is -2.31. The number of nitrogens with one attached hydrogen (secondary N) is 1. The largest absolute Gasteiger partial charge is 0.497 e. The highest BCUT2D eigenvalue weighted by molar-refractivity contribution is 5.48. The summed E-state index contributed by atoms with van der Waals surface area (Å²) in [7, 11) is 1.68. The van der Waals surface area contributed by atoms with Crippen molar-refractivity contribution < 1.29 is 4.74 Å². The molecule has 1 rings (SSSR count). The third-order valence-corrected chi connectivity index (χ3v) is 3.82. The number of benzene rings is 1. The molecule has 1 unspecified atom stereocenters. The maximum atomic E-state index is 5.96. The van der Waals surface area contributed by atoms with Crippen LogP contribution in [0.5, 0.6) is 5.75 Å². The molecule has 0 aliphatic heterocycles. The second-order valence-electron chi connectivity index (χ2n) is 5.78. The first-order valence-electron chi connectivity index (χ1n) is 7.76. The lowest BCUT2D eigenvalue weighted by Crippen LogP contribution is -2.42. The molecule has 1 aromatic carbocycles. The van der Waals surface area contributed by atoms with Crippen LogP contribution in [0.15, 0.2) is 24.3 Å². The molecule has 0 aliphatic rings. The zero-order valence-corrected chi connectivity index (χ0v) is 13.2. The van der Waals surface area contributed by atoms with Crippen LogP contribution in [0.3, 0.4) is 0 Å². The monoisotopic (exact) mass is 278 g/mol. The van der Waals surface area contributed by atoms with Crippen LogP contribution in [0, 0.1) is 0 Å². The Morgan fingerprint density at radius 2 is 1.75 bits per heavy atom. The molecule has 1 aromatic rings. The van der Waals surface area contributed by atoms with E-state index in [0.29, 0.717) is 6.54 Å². The van der Waals surface area contributed by atoms with Crippen molar-refractivity contribution >= 4 is 5.69 Å². The van der Waals surface area contributed by atoms with Crippen LogP contribution in [0.25, 0.3) is 0 Å². The third kappa shape index (κ3) is 5.83. The van der Waals surface area contributed by atoms with Crippen molar-refractivity contribution in [1.29, 1.82) is 0 Å². The molecule has 0 radical (unpaired) electrons. The summed E-state index contributed by atoms with van der Waals surface area (Å²) < 4.78 is 5.18.